The van der Waals surface area contributed by atoms with Crippen molar-refractivity contribution in [3.63, 3.8) is 0 Å². The molecule has 0 spiro atoms. The van der Waals surface area contributed by atoms with Crippen molar-refractivity contribution in [2.24, 2.45) is 0 Å². The maximum atomic E-state index is 5.78. The Labute approximate surface area is 113 Å². The number of anilines is 1. The van der Waals surface area contributed by atoms with Crippen LogP contribution in [0.15, 0.2) is 56.7 Å². The molecule has 17 heavy (non-hydrogen) atoms. The fourth-order valence-electron chi connectivity index (χ4n) is 1.41. The molecule has 0 saturated heterocycles. The van der Waals surface area contributed by atoms with Gasteiger partial charge in [-0.2, -0.15) is 0 Å². The van der Waals surface area contributed by atoms with E-state index in [0.717, 1.165) is 9.37 Å². The largest absolute Gasteiger partial charge is 0.495 e. The minimum absolute atomic E-state index is 0.656. The molecule has 0 aliphatic rings. The third-order valence-corrected chi connectivity index (χ3v) is 4.29. The fraction of sp³-hybridized carbons (Fsp3) is 0.0769. The molecule has 2 rings (SSSR count). The molecular weight excluding hydrogens is 298 g/mol. The van der Waals surface area contributed by atoms with Crippen molar-refractivity contribution in [2.45, 2.75) is 9.79 Å². The van der Waals surface area contributed by atoms with Crippen molar-refractivity contribution in [1.82, 2.24) is 0 Å². The molecule has 0 heterocycles. The van der Waals surface area contributed by atoms with Crippen LogP contribution in [0.4, 0.5) is 5.69 Å². The van der Waals surface area contributed by atoms with Crippen LogP contribution in [0, 0.1) is 0 Å². The Balaban J connectivity index is 2.28. The van der Waals surface area contributed by atoms with E-state index in [2.05, 4.69) is 22.0 Å². The standard InChI is InChI=1S/C13H12BrNOS/c1-16-12-8-9(6-7-11(12)15)17-13-5-3-2-4-10(13)14/h2-8H,15H2,1H3. The Morgan fingerprint density at radius 1 is 1.18 bits per heavy atom. The Kier molecular flexibility index (Phi) is 3.97. The van der Waals surface area contributed by atoms with Crippen LogP contribution in [0.5, 0.6) is 5.75 Å². The summed E-state index contributed by atoms with van der Waals surface area (Å²) in [6, 6.07) is 13.9. The summed E-state index contributed by atoms with van der Waals surface area (Å²) >= 11 is 5.20. The minimum atomic E-state index is 0.656. The fourth-order valence-corrected chi connectivity index (χ4v) is 2.81. The number of halogens is 1. The first-order valence-electron chi connectivity index (χ1n) is 5.06. The number of hydrogen-bond donors (Lipinski definition) is 1. The van der Waals surface area contributed by atoms with Crippen molar-refractivity contribution in [1.29, 1.82) is 0 Å². The molecule has 2 aromatic carbocycles. The highest BCUT2D eigenvalue weighted by molar-refractivity contribution is 9.10. The van der Waals surface area contributed by atoms with Gasteiger partial charge in [0.2, 0.25) is 0 Å². The summed E-state index contributed by atoms with van der Waals surface area (Å²) in [6.45, 7) is 0. The molecule has 2 nitrogen and oxygen atoms in total. The third-order valence-electron chi connectivity index (χ3n) is 2.27. The van der Waals surface area contributed by atoms with Crippen LogP contribution in [-0.2, 0) is 0 Å². The van der Waals surface area contributed by atoms with Crippen LogP contribution < -0.4 is 10.5 Å². The quantitative estimate of drug-likeness (QED) is 0.863. The Morgan fingerprint density at radius 2 is 1.94 bits per heavy atom. The second-order valence-electron chi connectivity index (χ2n) is 3.44. The highest BCUT2D eigenvalue weighted by Crippen LogP contribution is 2.36. The highest BCUT2D eigenvalue weighted by atomic mass is 79.9. The third kappa shape index (κ3) is 2.96. The molecule has 0 bridgehead atoms. The van der Waals surface area contributed by atoms with E-state index in [1.54, 1.807) is 18.9 Å². The van der Waals surface area contributed by atoms with E-state index in [1.165, 1.54) is 4.90 Å². The van der Waals surface area contributed by atoms with Crippen LogP contribution >= 0.6 is 27.7 Å². The van der Waals surface area contributed by atoms with Gasteiger partial charge in [-0.25, -0.2) is 0 Å². The van der Waals surface area contributed by atoms with Crippen molar-refractivity contribution in [3.8, 4) is 5.75 Å². The monoisotopic (exact) mass is 309 g/mol. The summed E-state index contributed by atoms with van der Waals surface area (Å²) in [5, 5.41) is 0. The van der Waals surface area contributed by atoms with Gasteiger partial charge in [0.05, 0.1) is 12.8 Å². The molecule has 0 aromatic heterocycles. The molecule has 0 amide bonds. The summed E-state index contributed by atoms with van der Waals surface area (Å²) in [4.78, 5) is 2.27. The summed E-state index contributed by atoms with van der Waals surface area (Å²) in [7, 11) is 1.62. The number of hydrogen-bond acceptors (Lipinski definition) is 3. The van der Waals surface area contributed by atoms with E-state index >= 15 is 0 Å². The summed E-state index contributed by atoms with van der Waals surface area (Å²) in [5.41, 5.74) is 6.44. The zero-order valence-electron chi connectivity index (χ0n) is 9.31. The number of benzene rings is 2. The molecule has 0 unspecified atom stereocenters. The lowest BCUT2D eigenvalue weighted by Crippen LogP contribution is -1.91. The lowest BCUT2D eigenvalue weighted by atomic mass is 10.3. The van der Waals surface area contributed by atoms with E-state index in [0.29, 0.717) is 11.4 Å². The van der Waals surface area contributed by atoms with Crippen molar-refractivity contribution in [2.75, 3.05) is 12.8 Å². The summed E-state index contributed by atoms with van der Waals surface area (Å²) in [5.74, 6) is 0.710. The zero-order valence-corrected chi connectivity index (χ0v) is 11.7. The van der Waals surface area contributed by atoms with Gasteiger partial charge in [0, 0.05) is 14.3 Å². The molecular formula is C13H12BrNOS. The zero-order chi connectivity index (χ0) is 12.3. The normalized spacial score (nSPS) is 10.2. The number of nitrogen functional groups attached to an aromatic ring is 1. The van der Waals surface area contributed by atoms with Crippen LogP contribution in [0.2, 0.25) is 0 Å². The van der Waals surface area contributed by atoms with Gasteiger partial charge in [-0.1, -0.05) is 23.9 Å². The van der Waals surface area contributed by atoms with Gasteiger partial charge in [0.1, 0.15) is 5.75 Å². The van der Waals surface area contributed by atoms with E-state index in [9.17, 15) is 0 Å². The number of ether oxygens (including phenoxy) is 1. The van der Waals surface area contributed by atoms with Crippen molar-refractivity contribution in [3.05, 3.63) is 46.9 Å². The topological polar surface area (TPSA) is 35.2 Å². The predicted molar refractivity (Wildman–Crippen MR) is 75.7 cm³/mol. The van der Waals surface area contributed by atoms with E-state index < -0.39 is 0 Å². The number of rotatable bonds is 3. The second kappa shape index (κ2) is 5.47. The number of methoxy groups -OCH3 is 1. The van der Waals surface area contributed by atoms with Crippen molar-refractivity contribution < 1.29 is 4.74 Å². The molecule has 0 atom stereocenters. The van der Waals surface area contributed by atoms with Gasteiger partial charge in [0.15, 0.2) is 0 Å². The van der Waals surface area contributed by atoms with E-state index in [-0.39, 0.29) is 0 Å². The smallest absolute Gasteiger partial charge is 0.142 e. The Morgan fingerprint density at radius 3 is 2.65 bits per heavy atom. The van der Waals surface area contributed by atoms with Crippen molar-refractivity contribution >= 4 is 33.4 Å². The Bertz CT molecular complexity index is 531. The molecule has 0 aliphatic heterocycles. The summed E-state index contributed by atoms with van der Waals surface area (Å²) < 4.78 is 6.29. The molecule has 2 aromatic rings. The molecule has 0 aliphatic carbocycles. The van der Waals surface area contributed by atoms with Gasteiger partial charge >= 0.3 is 0 Å². The van der Waals surface area contributed by atoms with Gasteiger partial charge in [-0.3, -0.25) is 0 Å². The first kappa shape index (κ1) is 12.3. The SMILES string of the molecule is COc1cc(Sc2ccccc2Br)ccc1N. The summed E-state index contributed by atoms with van der Waals surface area (Å²) in [6.07, 6.45) is 0. The van der Waals surface area contributed by atoms with Gasteiger partial charge in [-0.05, 0) is 46.3 Å². The van der Waals surface area contributed by atoms with Gasteiger partial charge < -0.3 is 10.5 Å². The lowest BCUT2D eigenvalue weighted by Gasteiger charge is -2.08. The maximum absolute atomic E-state index is 5.78. The number of nitrogens with two attached hydrogens (primary N) is 1. The van der Waals surface area contributed by atoms with Crippen LogP contribution in [0.1, 0.15) is 0 Å². The van der Waals surface area contributed by atoms with E-state index in [4.69, 9.17) is 10.5 Å². The first-order chi connectivity index (χ1) is 8.20. The van der Waals surface area contributed by atoms with Crippen LogP contribution in [0.3, 0.4) is 0 Å². The average Bonchev–Trinajstić information content (AvgIpc) is 2.34. The predicted octanol–water partition coefficient (Wildman–Crippen LogP) is 4.19. The molecule has 0 fully saturated rings. The van der Waals surface area contributed by atoms with Gasteiger partial charge in [0.25, 0.3) is 0 Å². The average molecular weight is 310 g/mol. The highest BCUT2D eigenvalue weighted by Gasteiger charge is 2.04. The van der Waals surface area contributed by atoms with Gasteiger partial charge in [-0.15, -0.1) is 0 Å². The molecule has 4 heteroatoms. The molecule has 88 valence electrons. The Hall–Kier alpha value is -1.13. The maximum Gasteiger partial charge on any atom is 0.142 e. The molecule has 0 radical (unpaired) electrons. The molecule has 0 saturated carbocycles. The second-order valence-corrected chi connectivity index (χ2v) is 5.41. The minimum Gasteiger partial charge on any atom is -0.495 e. The first-order valence-corrected chi connectivity index (χ1v) is 6.67. The lowest BCUT2D eigenvalue weighted by molar-refractivity contribution is 0.416. The van der Waals surface area contributed by atoms with E-state index in [1.807, 2.05) is 36.4 Å². The van der Waals surface area contributed by atoms with Crippen LogP contribution in [0.25, 0.3) is 0 Å². The van der Waals surface area contributed by atoms with Crippen LogP contribution in [-0.4, -0.2) is 7.11 Å². The molecule has 2 N–H and O–H groups in total.